The topological polar surface area (TPSA) is 41.1 Å². The number of carbonyl (C=O) groups is 1. The van der Waals surface area contributed by atoms with Crippen molar-refractivity contribution < 1.29 is 4.79 Å². The van der Waals surface area contributed by atoms with Crippen molar-refractivity contribution in [3.63, 3.8) is 0 Å². The first-order chi connectivity index (χ1) is 6.60. The van der Waals surface area contributed by atoms with Crippen LogP contribution in [0.2, 0.25) is 3.02 Å². The molecular weight excluding hydrogens is 216 g/mol. The summed E-state index contributed by atoms with van der Waals surface area (Å²) in [6, 6.07) is -0.0256. The fourth-order valence-electron chi connectivity index (χ4n) is 3.50. The molecule has 0 fully saturated rings. The van der Waals surface area contributed by atoms with Gasteiger partial charge in [0.25, 0.3) is 0 Å². The van der Waals surface area contributed by atoms with Crippen LogP contribution in [0.3, 0.4) is 0 Å². The first-order valence-corrected chi connectivity index (χ1v) is 10.4. The van der Waals surface area contributed by atoms with Gasteiger partial charge in [-0.2, -0.15) is 0 Å². The third-order valence-electron chi connectivity index (χ3n) is 4.47. The van der Waals surface area contributed by atoms with E-state index in [-0.39, 0.29) is 9.05 Å². The Kier molecular flexibility index (Phi) is 3.50. The van der Waals surface area contributed by atoms with Crippen molar-refractivity contribution in [2.75, 3.05) is 0 Å². The molecule has 0 aliphatic carbocycles. The standard InChI is InChI=1S/2C4H9.C3H5N2O.Ca/c2*1-4(2)3;1-2-5-3(4)6;/h2*1-3H3;1-2H,(H3,4,5,6);/q;;;+1/p-1. The summed E-state index contributed by atoms with van der Waals surface area (Å²) in [5.74, 6) is 0. The van der Waals surface area contributed by atoms with Gasteiger partial charge >= 0.3 is 101 Å². The summed E-state index contributed by atoms with van der Waals surface area (Å²) < 4.78 is 5.96. The third-order valence-corrected chi connectivity index (χ3v) is 17.8. The first-order valence-electron chi connectivity index (χ1n) is 5.80. The van der Waals surface area contributed by atoms with Crippen LogP contribution in [-0.4, -0.2) is 36.3 Å². The van der Waals surface area contributed by atoms with Crippen LogP contribution in [0.1, 0.15) is 41.5 Å². The average molecular weight is 238 g/mol. The summed E-state index contributed by atoms with van der Waals surface area (Å²) in [6.45, 7) is 13.5. The van der Waals surface area contributed by atoms with Gasteiger partial charge in [-0.25, -0.2) is 0 Å². The quantitative estimate of drug-likeness (QED) is 0.626. The zero-order chi connectivity index (χ0) is 11.9. The Morgan fingerprint density at radius 1 is 1.07 bits per heavy atom. The van der Waals surface area contributed by atoms with Gasteiger partial charge in [0.1, 0.15) is 0 Å². The minimum atomic E-state index is -2.95. The number of carbonyl (C=O) groups excluding carboxylic acids is 1. The molecule has 0 aromatic rings. The summed E-state index contributed by atoms with van der Waals surface area (Å²) in [7, 11) is 0. The molecule has 1 aliphatic rings. The molecule has 4 heteroatoms. The van der Waals surface area contributed by atoms with Crippen molar-refractivity contribution >= 4 is 36.3 Å². The van der Waals surface area contributed by atoms with Gasteiger partial charge in [-0.3, -0.25) is 0 Å². The Labute approximate surface area is 100 Å². The number of rotatable bonds is 0. The van der Waals surface area contributed by atoms with E-state index in [1.807, 2.05) is 6.20 Å². The molecule has 0 aromatic carbocycles. The van der Waals surface area contributed by atoms with Crippen molar-refractivity contribution in [3.05, 3.63) is 8.37 Å². The van der Waals surface area contributed by atoms with E-state index in [0.717, 1.165) is 0 Å². The zero-order valence-electron chi connectivity index (χ0n) is 10.8. The van der Waals surface area contributed by atoms with Gasteiger partial charge in [0.05, 0.1) is 0 Å². The van der Waals surface area contributed by atoms with E-state index in [1.165, 1.54) is 0 Å². The van der Waals surface area contributed by atoms with E-state index >= 15 is 0 Å². The number of hydrogen-bond acceptors (Lipinski definition) is 1. The van der Waals surface area contributed by atoms with Crippen LogP contribution in [0.4, 0.5) is 4.79 Å². The Hall–Kier alpha value is 0.270. The predicted molar refractivity (Wildman–Crippen MR) is 66.0 cm³/mol. The molecule has 3 nitrogen and oxygen atoms in total. The summed E-state index contributed by atoms with van der Waals surface area (Å²) in [6.07, 6.45) is 1.84. The summed E-state index contributed by atoms with van der Waals surface area (Å²) >= 11 is -2.95. The Morgan fingerprint density at radius 3 is 1.80 bits per heavy atom. The van der Waals surface area contributed by atoms with Gasteiger partial charge in [0.2, 0.25) is 0 Å². The molecule has 2 N–H and O–H groups in total. The molecule has 15 heavy (non-hydrogen) atoms. The van der Waals surface area contributed by atoms with Crippen molar-refractivity contribution in [1.82, 2.24) is 7.12 Å². The molecule has 0 atom stereocenters. The number of nitrogens with one attached hydrogen (secondary N) is 2. The summed E-state index contributed by atoms with van der Waals surface area (Å²) in [5, 5.41) is 2.71. The van der Waals surface area contributed by atoms with Gasteiger partial charge in [0, 0.05) is 0 Å². The second kappa shape index (κ2) is 3.93. The molecule has 0 saturated carbocycles. The van der Waals surface area contributed by atoms with E-state index in [0.29, 0.717) is 0 Å². The van der Waals surface area contributed by atoms with Crippen LogP contribution in [0.15, 0.2) is 8.37 Å². The van der Waals surface area contributed by atoms with Crippen LogP contribution in [0.25, 0.3) is 0 Å². The van der Waals surface area contributed by atoms with Crippen LogP contribution >= 0.6 is 0 Å². The monoisotopic (exact) mass is 238 g/mol. The molecule has 0 spiro atoms. The van der Waals surface area contributed by atoms with Crippen molar-refractivity contribution in [2.24, 2.45) is 0 Å². The van der Waals surface area contributed by atoms with Gasteiger partial charge < -0.3 is 0 Å². The molecular formula is C11H22CaN2O. The third kappa shape index (κ3) is 2.34. The molecule has 84 valence electrons. The molecule has 2 amide bonds. The number of amides is 2. The molecule has 1 rings (SSSR count). The fraction of sp³-hybridized carbons (Fsp3) is 0.727. The van der Waals surface area contributed by atoms with Crippen molar-refractivity contribution in [1.29, 1.82) is 0 Å². The average Bonchev–Trinajstić information content (AvgIpc) is 1.99. The molecule has 0 unspecified atom stereocenters. The van der Waals surface area contributed by atoms with E-state index < -0.39 is 30.3 Å². The first kappa shape index (κ1) is 13.3. The Morgan fingerprint density at radius 2 is 1.53 bits per heavy atom. The molecule has 0 saturated heterocycles. The molecule has 1 aliphatic heterocycles. The maximum atomic E-state index is 11.6. The minimum absolute atomic E-state index is 0.0256. The second-order valence-corrected chi connectivity index (χ2v) is 18.8. The Balaban J connectivity index is 3.26. The van der Waals surface area contributed by atoms with Crippen LogP contribution < -0.4 is 7.12 Å². The van der Waals surface area contributed by atoms with Crippen molar-refractivity contribution in [2.45, 2.75) is 44.6 Å². The van der Waals surface area contributed by atoms with Crippen LogP contribution in [-0.2, 0) is 0 Å². The van der Waals surface area contributed by atoms with Crippen LogP contribution in [0.5, 0.6) is 0 Å². The van der Waals surface area contributed by atoms with Gasteiger partial charge in [-0.15, -0.1) is 0 Å². The SMILES string of the molecule is C[C](C)(C)[Ca]1([C](C)(C)C)[CH]=CNC(=O)[NH]1. The Bertz CT molecular complexity index is 283. The van der Waals surface area contributed by atoms with E-state index in [1.54, 1.807) is 0 Å². The summed E-state index contributed by atoms with van der Waals surface area (Å²) in [5.41, 5.74) is 0. The fourth-order valence-corrected chi connectivity index (χ4v) is 14.2. The normalized spacial score (nSPS) is 20.8. The van der Waals surface area contributed by atoms with Gasteiger partial charge in [-0.05, 0) is 0 Å². The van der Waals surface area contributed by atoms with Gasteiger partial charge in [0.15, 0.2) is 0 Å². The zero-order valence-corrected chi connectivity index (χ0v) is 13.0. The number of urea groups is 1. The predicted octanol–water partition coefficient (Wildman–Crippen LogP) is 2.90. The van der Waals surface area contributed by atoms with Gasteiger partial charge in [-0.1, -0.05) is 0 Å². The molecule has 1 heterocycles. The maximum absolute atomic E-state index is 11.6. The number of hydrogen-bond donors (Lipinski definition) is 2. The van der Waals surface area contributed by atoms with E-state index in [4.69, 9.17) is 0 Å². The van der Waals surface area contributed by atoms with Crippen LogP contribution in [0, 0.1) is 0 Å². The summed E-state index contributed by atoms with van der Waals surface area (Å²) in [4.78, 5) is 11.6. The second-order valence-electron chi connectivity index (χ2n) is 7.32. The molecule has 0 aromatic heterocycles. The van der Waals surface area contributed by atoms with E-state index in [9.17, 15) is 4.79 Å². The molecule has 0 bridgehead atoms. The van der Waals surface area contributed by atoms with E-state index in [2.05, 4.69) is 50.8 Å². The van der Waals surface area contributed by atoms with Crippen molar-refractivity contribution in [3.8, 4) is 0 Å². The molecule has 2 radical (unpaired) electrons.